The molecule has 0 radical (unpaired) electrons. The van der Waals surface area contributed by atoms with Crippen LogP contribution in [0.4, 0.5) is 15.5 Å². The fourth-order valence-electron chi connectivity index (χ4n) is 7.60. The van der Waals surface area contributed by atoms with Gasteiger partial charge in [0.05, 0.1) is 24.5 Å². The van der Waals surface area contributed by atoms with Gasteiger partial charge in [-0.2, -0.15) is 0 Å². The molecule has 0 saturated carbocycles. The summed E-state index contributed by atoms with van der Waals surface area (Å²) in [5.74, 6) is -0.618. The number of nitrogens with zero attached hydrogens (tertiary/aromatic N) is 5. The second-order valence-electron chi connectivity index (χ2n) is 13.2. The van der Waals surface area contributed by atoms with E-state index < -0.39 is 37.7 Å². The van der Waals surface area contributed by atoms with Gasteiger partial charge in [-0.1, -0.05) is 72.8 Å². The summed E-state index contributed by atoms with van der Waals surface area (Å²) in [5.41, 5.74) is 2.38. The number of ether oxygens (including phenoxy) is 1. The highest BCUT2D eigenvalue weighted by Gasteiger charge is 2.66. The van der Waals surface area contributed by atoms with Gasteiger partial charge in [-0.3, -0.25) is 14.3 Å². The van der Waals surface area contributed by atoms with Crippen LogP contribution in [0.2, 0.25) is 18.6 Å². The van der Waals surface area contributed by atoms with E-state index in [1.807, 2.05) is 85.8 Å². The summed E-state index contributed by atoms with van der Waals surface area (Å²) in [6.07, 6.45) is 1.13. The van der Waals surface area contributed by atoms with Gasteiger partial charge >= 0.3 is 0 Å². The first-order chi connectivity index (χ1) is 22.1. The van der Waals surface area contributed by atoms with Crippen LogP contribution >= 0.6 is 0 Å². The van der Waals surface area contributed by atoms with Gasteiger partial charge in [-0.15, -0.1) is 5.10 Å². The molecule has 11 heteroatoms. The molecule has 3 aliphatic heterocycles. The van der Waals surface area contributed by atoms with Crippen molar-refractivity contribution in [2.45, 2.75) is 69.3 Å². The second-order valence-corrected chi connectivity index (χ2v) is 16.9. The molecular weight excluding hydrogens is 602 g/mol. The lowest BCUT2D eigenvalue weighted by Crippen LogP contribution is -2.45. The van der Waals surface area contributed by atoms with Crippen LogP contribution in [0.5, 0.6) is 0 Å². The maximum Gasteiger partial charge on any atom is 0.264 e. The molecule has 2 saturated heterocycles. The average molecular weight is 640 g/mol. The van der Waals surface area contributed by atoms with Crippen molar-refractivity contribution in [2.24, 2.45) is 5.92 Å². The highest BCUT2D eigenvalue weighted by atomic mass is 28.4. The highest BCUT2D eigenvalue weighted by Crippen LogP contribution is 2.60. The summed E-state index contributed by atoms with van der Waals surface area (Å²) in [6, 6.07) is 24.7. The first-order valence-corrected chi connectivity index (χ1v) is 18.8. The van der Waals surface area contributed by atoms with E-state index in [1.165, 1.54) is 0 Å². The highest BCUT2D eigenvalue weighted by molar-refractivity contribution is 6.72. The number of hydrogen-bond acceptors (Lipinski definition) is 6. The summed E-state index contributed by atoms with van der Waals surface area (Å²) in [5, 5.41) is 19.2. The molecule has 46 heavy (non-hydrogen) atoms. The zero-order valence-corrected chi connectivity index (χ0v) is 27.2. The summed E-state index contributed by atoms with van der Waals surface area (Å²) >= 11 is 0. The van der Waals surface area contributed by atoms with Crippen LogP contribution in [0.1, 0.15) is 48.3 Å². The van der Waals surface area contributed by atoms with Crippen LogP contribution < -0.4 is 9.80 Å². The zero-order chi connectivity index (χ0) is 32.2. The van der Waals surface area contributed by atoms with Gasteiger partial charge < -0.3 is 23.8 Å². The van der Waals surface area contributed by atoms with Gasteiger partial charge in [-0.05, 0) is 48.8 Å². The minimum absolute atomic E-state index is 0.0393. The van der Waals surface area contributed by atoms with E-state index in [-0.39, 0.29) is 11.8 Å². The Hall–Kier alpha value is -4.19. The van der Waals surface area contributed by atoms with E-state index in [2.05, 4.69) is 10.3 Å². The molecular formula is C35H38FN5O4Si. The second kappa shape index (κ2) is 11.6. The van der Waals surface area contributed by atoms with Crippen LogP contribution in [-0.2, 0) is 33.0 Å². The summed E-state index contributed by atoms with van der Waals surface area (Å²) in [4.78, 5) is 30.6. The Morgan fingerprint density at radius 2 is 1.78 bits per heavy atom. The van der Waals surface area contributed by atoms with E-state index in [9.17, 15) is 14.7 Å². The van der Waals surface area contributed by atoms with Crippen molar-refractivity contribution in [1.82, 2.24) is 15.0 Å². The maximum absolute atomic E-state index is 16.3. The van der Waals surface area contributed by atoms with Crippen molar-refractivity contribution in [3.05, 3.63) is 107 Å². The molecule has 238 valence electrons. The molecule has 5 atom stereocenters. The topological polar surface area (TPSA) is 101 Å². The number of benzene rings is 3. The minimum atomic E-state index is -3.37. The largest absolute Gasteiger partial charge is 0.382 e. The van der Waals surface area contributed by atoms with Crippen LogP contribution in [-0.4, -0.2) is 53.0 Å². The smallest absolute Gasteiger partial charge is 0.264 e. The summed E-state index contributed by atoms with van der Waals surface area (Å²) < 4.78 is 24.9. The number of rotatable bonds is 9. The fourth-order valence-corrected chi connectivity index (χ4v) is 10.1. The quantitative estimate of drug-likeness (QED) is 0.147. The standard InChI is InChI=1S/C35H38FN5O4Si/c1-23-33(46(2,3)36)30(16-18-39-22-28(37-38-39)32(43)25-12-8-5-9-13-25)45-35(23)27-20-26(40-19-17-31(40)42)14-15-29(27)41(34(35)44)21-24-10-6-4-7-11-24/h4-15,20,22-23,30,32-33,43H,16-19,21H2,1-3H3/t23-,30+,32+,33-,35+/m0/s1. The van der Waals surface area contributed by atoms with Gasteiger partial charge in [0.25, 0.3) is 5.91 Å². The third kappa shape index (κ3) is 5.06. The van der Waals surface area contributed by atoms with Crippen LogP contribution in [0.15, 0.2) is 85.1 Å². The monoisotopic (exact) mass is 639 g/mol. The number of hydrogen-bond donors (Lipinski definition) is 1. The Labute approximate surface area is 268 Å². The molecule has 7 rings (SSSR count). The van der Waals surface area contributed by atoms with Crippen molar-refractivity contribution >= 4 is 31.6 Å². The number of carbonyl (C=O) groups is 2. The Morgan fingerprint density at radius 1 is 1.07 bits per heavy atom. The third-order valence-corrected chi connectivity index (χ3v) is 12.3. The van der Waals surface area contributed by atoms with E-state index in [4.69, 9.17) is 4.74 Å². The molecule has 3 aliphatic rings. The molecule has 0 aliphatic carbocycles. The zero-order valence-electron chi connectivity index (χ0n) is 26.2. The Kier molecular flexibility index (Phi) is 7.65. The van der Waals surface area contributed by atoms with Crippen molar-refractivity contribution in [3.63, 3.8) is 0 Å². The SMILES string of the molecule is C[C@H]1[C@H]([Si](C)(C)F)[C@@H](CCn2cc([C@H](O)c3ccccc3)nn2)O[C@]12C(=O)N(Cc1ccccc1)c1ccc(N3CCC3=O)cc12. The van der Waals surface area contributed by atoms with Gasteiger partial charge in [-0.25, -0.2) is 0 Å². The molecule has 1 spiro atoms. The number of aryl methyl sites for hydroxylation is 1. The first kappa shape index (κ1) is 30.5. The predicted molar refractivity (Wildman–Crippen MR) is 174 cm³/mol. The van der Waals surface area contributed by atoms with Crippen LogP contribution in [0.3, 0.4) is 0 Å². The number of aliphatic hydroxyl groups is 1. The summed E-state index contributed by atoms with van der Waals surface area (Å²) in [6.45, 7) is 6.66. The molecule has 4 heterocycles. The number of aliphatic hydroxyl groups excluding tert-OH is 1. The molecule has 2 amide bonds. The number of halogens is 1. The lowest BCUT2D eigenvalue weighted by Gasteiger charge is -2.33. The molecule has 3 aromatic carbocycles. The number of aromatic nitrogens is 3. The maximum atomic E-state index is 16.3. The fraction of sp³-hybridized carbons (Fsp3) is 0.371. The summed E-state index contributed by atoms with van der Waals surface area (Å²) in [7, 11) is -3.37. The van der Waals surface area contributed by atoms with Crippen molar-refractivity contribution in [1.29, 1.82) is 0 Å². The van der Waals surface area contributed by atoms with Gasteiger partial charge in [0, 0.05) is 42.2 Å². The molecule has 1 aromatic heterocycles. The van der Waals surface area contributed by atoms with E-state index in [0.29, 0.717) is 49.3 Å². The van der Waals surface area contributed by atoms with E-state index in [0.717, 1.165) is 16.9 Å². The molecule has 2 fully saturated rings. The molecule has 0 bridgehead atoms. The van der Waals surface area contributed by atoms with E-state index >= 15 is 4.11 Å². The van der Waals surface area contributed by atoms with Crippen LogP contribution in [0, 0.1) is 5.92 Å². The minimum Gasteiger partial charge on any atom is -0.382 e. The van der Waals surface area contributed by atoms with Crippen molar-refractivity contribution in [3.8, 4) is 0 Å². The van der Waals surface area contributed by atoms with E-state index in [1.54, 1.807) is 33.8 Å². The predicted octanol–water partition coefficient (Wildman–Crippen LogP) is 5.51. The lowest BCUT2D eigenvalue weighted by atomic mass is 9.82. The van der Waals surface area contributed by atoms with Crippen LogP contribution in [0.25, 0.3) is 0 Å². The normalized spacial score (nSPS) is 24.8. The molecule has 1 N–H and O–H groups in total. The molecule has 0 unspecified atom stereocenters. The number of amides is 2. The van der Waals surface area contributed by atoms with Gasteiger partial charge in [0.2, 0.25) is 14.3 Å². The Balaban J connectivity index is 1.22. The average Bonchev–Trinajstić information content (AvgIpc) is 3.70. The Morgan fingerprint density at radius 3 is 2.43 bits per heavy atom. The first-order valence-electron chi connectivity index (χ1n) is 15.9. The van der Waals surface area contributed by atoms with Gasteiger partial charge in [0.15, 0.2) is 5.60 Å². The lowest BCUT2D eigenvalue weighted by molar-refractivity contribution is -0.146. The van der Waals surface area contributed by atoms with Crippen molar-refractivity contribution < 1.29 is 23.5 Å². The Bertz CT molecular complexity index is 1760. The molecule has 4 aromatic rings. The number of carbonyl (C=O) groups excluding carboxylic acids is 2. The van der Waals surface area contributed by atoms with Crippen molar-refractivity contribution in [2.75, 3.05) is 16.3 Å². The third-order valence-electron chi connectivity index (χ3n) is 9.88. The van der Waals surface area contributed by atoms with Gasteiger partial charge in [0.1, 0.15) is 11.8 Å². The number of β-lactam (4-membered cyclic amide) rings is 1. The number of fused-ring (bicyclic) bond motifs is 2. The molecule has 9 nitrogen and oxygen atoms in total. The number of anilines is 2.